The van der Waals surface area contributed by atoms with Crippen molar-refractivity contribution in [3.8, 4) is 22.6 Å². The number of fused-ring (bicyclic) bond motifs is 2. The van der Waals surface area contributed by atoms with Gasteiger partial charge >= 0.3 is 5.97 Å². The van der Waals surface area contributed by atoms with Crippen LogP contribution in [-0.2, 0) is 10.0 Å². The first kappa shape index (κ1) is 21.5. The molecule has 7 nitrogen and oxygen atoms in total. The van der Waals surface area contributed by atoms with Gasteiger partial charge in [0.05, 0.1) is 16.0 Å². The van der Waals surface area contributed by atoms with E-state index in [1.807, 2.05) is 6.92 Å². The molecule has 0 fully saturated rings. The van der Waals surface area contributed by atoms with E-state index in [0.717, 1.165) is 9.54 Å². The minimum absolute atomic E-state index is 0.00766. The number of hydrogen-bond acceptors (Lipinski definition) is 5. The molecule has 0 amide bonds. The lowest BCUT2D eigenvalue weighted by atomic mass is 9.95. The molecular formula is C26H19NO6S. The molecular weight excluding hydrogens is 454 g/mol. The first-order valence-electron chi connectivity index (χ1n) is 10.3. The molecule has 0 radical (unpaired) electrons. The fourth-order valence-corrected chi connectivity index (χ4v) is 5.62. The van der Waals surface area contributed by atoms with Crippen LogP contribution < -0.4 is 0 Å². The third kappa shape index (κ3) is 3.19. The highest BCUT2D eigenvalue weighted by atomic mass is 32.2. The van der Waals surface area contributed by atoms with Crippen LogP contribution in [0.1, 0.15) is 15.9 Å². The van der Waals surface area contributed by atoms with Crippen LogP contribution >= 0.6 is 0 Å². The summed E-state index contributed by atoms with van der Waals surface area (Å²) in [6.07, 6.45) is 1.30. The number of aromatic carboxylic acids is 1. The Labute approximate surface area is 194 Å². The van der Waals surface area contributed by atoms with Crippen molar-refractivity contribution in [3.63, 3.8) is 0 Å². The topological polar surface area (TPSA) is 117 Å². The summed E-state index contributed by atoms with van der Waals surface area (Å²) in [6.45, 7) is 1.83. The Morgan fingerprint density at radius 2 is 1.56 bits per heavy atom. The van der Waals surface area contributed by atoms with Crippen molar-refractivity contribution < 1.29 is 28.5 Å². The monoisotopic (exact) mass is 473 g/mol. The summed E-state index contributed by atoms with van der Waals surface area (Å²) in [5, 5.41) is 32.5. The van der Waals surface area contributed by atoms with Crippen LogP contribution in [0.2, 0.25) is 0 Å². The summed E-state index contributed by atoms with van der Waals surface area (Å²) in [6, 6.07) is 19.1. The van der Waals surface area contributed by atoms with Crippen LogP contribution in [-0.4, -0.2) is 33.7 Å². The highest BCUT2D eigenvalue weighted by Crippen LogP contribution is 2.46. The minimum Gasteiger partial charge on any atom is -0.504 e. The largest absolute Gasteiger partial charge is 0.504 e. The van der Waals surface area contributed by atoms with Gasteiger partial charge in [0.2, 0.25) is 0 Å². The Balaban J connectivity index is 1.94. The van der Waals surface area contributed by atoms with Crippen LogP contribution in [0.5, 0.6) is 11.5 Å². The smallest absolute Gasteiger partial charge is 0.337 e. The molecule has 0 atom stereocenters. The number of aromatic nitrogens is 1. The quantitative estimate of drug-likeness (QED) is 0.312. The van der Waals surface area contributed by atoms with Gasteiger partial charge in [-0.15, -0.1) is 0 Å². The second-order valence-corrected chi connectivity index (χ2v) is 9.82. The molecule has 0 aliphatic heterocycles. The number of nitrogens with zero attached hydrogens (tertiary/aromatic N) is 1. The summed E-state index contributed by atoms with van der Waals surface area (Å²) in [5.41, 5.74) is 1.12. The molecule has 0 bridgehead atoms. The maximum absolute atomic E-state index is 13.7. The third-order valence-electron chi connectivity index (χ3n) is 5.87. The summed E-state index contributed by atoms with van der Waals surface area (Å²) in [4.78, 5) is 12.0. The Morgan fingerprint density at radius 3 is 2.26 bits per heavy atom. The van der Waals surface area contributed by atoms with E-state index in [-0.39, 0.29) is 32.9 Å². The maximum Gasteiger partial charge on any atom is 0.337 e. The van der Waals surface area contributed by atoms with E-state index in [1.54, 1.807) is 42.5 Å². The van der Waals surface area contributed by atoms with Gasteiger partial charge in [-0.1, -0.05) is 54.1 Å². The van der Waals surface area contributed by atoms with Gasteiger partial charge in [0.1, 0.15) is 0 Å². The zero-order chi connectivity index (χ0) is 24.2. The molecule has 0 saturated heterocycles. The van der Waals surface area contributed by atoms with Crippen LogP contribution in [0, 0.1) is 6.92 Å². The number of phenols is 2. The highest BCUT2D eigenvalue weighted by Gasteiger charge is 2.27. The van der Waals surface area contributed by atoms with Gasteiger partial charge in [-0.3, -0.25) is 0 Å². The second kappa shape index (κ2) is 7.64. The Bertz CT molecular complexity index is 1720. The molecule has 0 unspecified atom stereocenters. The van der Waals surface area contributed by atoms with Crippen LogP contribution in [0.25, 0.3) is 32.8 Å². The zero-order valence-corrected chi connectivity index (χ0v) is 18.7. The summed E-state index contributed by atoms with van der Waals surface area (Å²) in [5.74, 6) is -2.09. The highest BCUT2D eigenvalue weighted by molar-refractivity contribution is 7.90. The number of carboxylic acids is 1. The van der Waals surface area contributed by atoms with E-state index in [4.69, 9.17) is 0 Å². The predicted molar refractivity (Wildman–Crippen MR) is 129 cm³/mol. The van der Waals surface area contributed by atoms with E-state index in [9.17, 15) is 28.5 Å². The van der Waals surface area contributed by atoms with Crippen LogP contribution in [0.3, 0.4) is 0 Å². The van der Waals surface area contributed by atoms with Gasteiger partial charge in [-0.25, -0.2) is 17.2 Å². The first-order valence-corrected chi connectivity index (χ1v) is 11.8. The number of aromatic hydroxyl groups is 2. The molecule has 0 aliphatic carbocycles. The van der Waals surface area contributed by atoms with Gasteiger partial charge < -0.3 is 15.3 Å². The Morgan fingerprint density at radius 1 is 0.882 bits per heavy atom. The minimum atomic E-state index is -4.19. The molecule has 5 rings (SSSR count). The van der Waals surface area contributed by atoms with Crippen molar-refractivity contribution >= 4 is 37.7 Å². The van der Waals surface area contributed by atoms with Gasteiger partial charge in [0.15, 0.2) is 11.5 Å². The number of rotatable bonds is 4. The number of carboxylic acid groups (broad SMARTS) is 1. The standard InChI is InChI=1S/C26H19NO6S/c1-15-9-11-17(12-10-15)34(32,33)27-14-21(19-7-4-8-20(24(19)27)26(30)31)23-18-6-3-2-5-16(18)13-22(28)25(23)29/h2-14,28-29H,1H3,(H,30,31). The van der Waals surface area contributed by atoms with E-state index in [2.05, 4.69) is 0 Å². The number of phenolic OH excluding ortho intramolecular Hbond substituents is 2. The molecule has 3 N–H and O–H groups in total. The van der Waals surface area contributed by atoms with Crippen molar-refractivity contribution in [3.05, 3.63) is 90.1 Å². The molecule has 8 heteroatoms. The zero-order valence-electron chi connectivity index (χ0n) is 17.9. The molecule has 1 aromatic heterocycles. The van der Waals surface area contributed by atoms with Gasteiger partial charge in [0.25, 0.3) is 10.0 Å². The van der Waals surface area contributed by atoms with Gasteiger partial charge in [-0.05, 0) is 42.0 Å². The molecule has 1 heterocycles. The van der Waals surface area contributed by atoms with Gasteiger partial charge in [-0.2, -0.15) is 0 Å². The molecule has 5 aromatic rings. The number of para-hydroxylation sites is 1. The van der Waals surface area contributed by atoms with Crippen LogP contribution in [0.4, 0.5) is 0 Å². The lowest BCUT2D eigenvalue weighted by Gasteiger charge is -2.10. The number of carbonyl (C=O) groups is 1. The molecule has 170 valence electrons. The Kier molecular flexibility index (Phi) is 4.84. The van der Waals surface area contributed by atoms with E-state index in [1.165, 1.54) is 36.5 Å². The molecule has 34 heavy (non-hydrogen) atoms. The van der Waals surface area contributed by atoms with E-state index in [0.29, 0.717) is 16.2 Å². The second-order valence-electron chi connectivity index (χ2n) is 8.00. The van der Waals surface area contributed by atoms with Crippen molar-refractivity contribution in [1.29, 1.82) is 0 Å². The summed E-state index contributed by atoms with van der Waals surface area (Å²) < 4.78 is 28.2. The van der Waals surface area contributed by atoms with Crippen molar-refractivity contribution in [1.82, 2.24) is 3.97 Å². The molecule has 0 aliphatic rings. The van der Waals surface area contributed by atoms with Crippen molar-refractivity contribution in [2.75, 3.05) is 0 Å². The average Bonchev–Trinajstić information content (AvgIpc) is 3.20. The average molecular weight is 474 g/mol. The number of benzene rings is 4. The summed E-state index contributed by atoms with van der Waals surface area (Å²) in [7, 11) is -4.19. The van der Waals surface area contributed by atoms with Crippen LogP contribution in [0.15, 0.2) is 83.9 Å². The molecule has 0 saturated carbocycles. The number of hydrogen-bond donors (Lipinski definition) is 3. The fourth-order valence-electron chi connectivity index (χ4n) is 4.23. The fraction of sp³-hybridized carbons (Fsp3) is 0.0385. The lowest BCUT2D eigenvalue weighted by molar-refractivity contribution is 0.0698. The van der Waals surface area contributed by atoms with E-state index < -0.39 is 21.7 Å². The third-order valence-corrected chi connectivity index (χ3v) is 7.55. The molecule has 4 aromatic carbocycles. The SMILES string of the molecule is Cc1ccc(S(=O)(=O)n2cc(-c3c(O)c(O)cc4ccccc34)c3cccc(C(=O)O)c32)cc1. The van der Waals surface area contributed by atoms with Crippen molar-refractivity contribution in [2.24, 2.45) is 0 Å². The van der Waals surface area contributed by atoms with Gasteiger partial charge in [0, 0.05) is 22.7 Å². The normalized spacial score (nSPS) is 11.8. The van der Waals surface area contributed by atoms with E-state index >= 15 is 0 Å². The van der Waals surface area contributed by atoms with Crippen molar-refractivity contribution in [2.45, 2.75) is 11.8 Å². The maximum atomic E-state index is 13.7. The lowest BCUT2D eigenvalue weighted by Crippen LogP contribution is -2.13. The molecule has 0 spiro atoms. The predicted octanol–water partition coefficient (Wildman–Crippen LogP) is 5.12. The summed E-state index contributed by atoms with van der Waals surface area (Å²) >= 11 is 0. The first-order chi connectivity index (χ1) is 16.2. The Hall–Kier alpha value is -4.30. The number of aryl methyl sites for hydroxylation is 1.